The van der Waals surface area contributed by atoms with Crippen molar-refractivity contribution >= 4 is 26.8 Å². The summed E-state index contributed by atoms with van der Waals surface area (Å²) >= 11 is 1.78. The van der Waals surface area contributed by atoms with Crippen LogP contribution in [0.15, 0.2) is 4.99 Å². The second-order valence-electron chi connectivity index (χ2n) is 12.4. The van der Waals surface area contributed by atoms with Gasteiger partial charge in [0.2, 0.25) is 10.0 Å². The zero-order valence-electron chi connectivity index (χ0n) is 22.3. The lowest BCUT2D eigenvalue weighted by molar-refractivity contribution is 0.0137. The van der Waals surface area contributed by atoms with E-state index in [1.54, 1.807) is 11.8 Å². The minimum absolute atomic E-state index is 0.245. The summed E-state index contributed by atoms with van der Waals surface area (Å²) in [6, 6.07) is 0.341. The van der Waals surface area contributed by atoms with Crippen molar-refractivity contribution in [1.29, 1.82) is 0 Å². The van der Waals surface area contributed by atoms with E-state index in [0.29, 0.717) is 28.7 Å². The van der Waals surface area contributed by atoms with E-state index in [4.69, 9.17) is 0 Å². The quantitative estimate of drug-likeness (QED) is 0.328. The monoisotopic (exact) mass is 498 g/mol. The third-order valence-electron chi connectivity index (χ3n) is 9.80. The number of hydrogen-bond donors (Lipinski definition) is 1. The molecule has 2 aliphatic carbocycles. The van der Waals surface area contributed by atoms with Gasteiger partial charge in [0.05, 0.1) is 16.3 Å². The zero-order valence-corrected chi connectivity index (χ0v) is 24.0. The van der Waals surface area contributed by atoms with E-state index in [2.05, 4.69) is 58.2 Å². The highest BCUT2D eigenvalue weighted by Crippen LogP contribution is 2.52. The standard InChI is InChI=1S/C27H50N2O2S2/c1-8-26(4,5)21-13-12-20(23(17-21)27(6,7)9-2)11-10-16-28-33(30,31)22-14-15-24-25(18-22)32-19(3)29-24/h20-25,28H,8-18H2,1-7H3. The molecule has 0 spiro atoms. The summed E-state index contributed by atoms with van der Waals surface area (Å²) in [5, 5.41) is 1.24. The minimum atomic E-state index is -3.23. The summed E-state index contributed by atoms with van der Waals surface area (Å²) in [7, 11) is -3.23. The molecule has 0 amide bonds. The lowest BCUT2D eigenvalue weighted by atomic mass is 9.57. The smallest absolute Gasteiger partial charge is 0.214 e. The predicted octanol–water partition coefficient (Wildman–Crippen LogP) is 7.05. The van der Waals surface area contributed by atoms with Gasteiger partial charge in [-0.15, -0.1) is 11.8 Å². The Labute approximate surface area is 209 Å². The highest BCUT2D eigenvalue weighted by Gasteiger charge is 2.43. The molecular formula is C27H50N2O2S2. The molecule has 2 fully saturated rings. The lowest BCUT2D eigenvalue weighted by Crippen LogP contribution is -2.42. The largest absolute Gasteiger partial charge is 0.279 e. The van der Waals surface area contributed by atoms with E-state index in [0.717, 1.165) is 54.9 Å². The normalized spacial score (nSPS) is 33.6. The van der Waals surface area contributed by atoms with Crippen LogP contribution in [-0.4, -0.2) is 36.5 Å². The van der Waals surface area contributed by atoms with Gasteiger partial charge in [-0.25, -0.2) is 13.1 Å². The van der Waals surface area contributed by atoms with E-state index in [9.17, 15) is 8.42 Å². The number of sulfonamides is 1. The second kappa shape index (κ2) is 10.9. The van der Waals surface area contributed by atoms with Gasteiger partial charge in [0.15, 0.2) is 0 Å². The van der Waals surface area contributed by atoms with E-state index < -0.39 is 10.0 Å². The molecule has 3 aliphatic rings. The van der Waals surface area contributed by atoms with Crippen LogP contribution in [-0.2, 0) is 10.0 Å². The first-order valence-electron chi connectivity index (χ1n) is 13.6. The topological polar surface area (TPSA) is 58.5 Å². The Balaban J connectivity index is 1.51. The number of nitrogens with zero attached hydrogens (tertiary/aromatic N) is 1. The van der Waals surface area contributed by atoms with Crippen LogP contribution in [0.2, 0.25) is 0 Å². The first-order chi connectivity index (χ1) is 15.4. The van der Waals surface area contributed by atoms with E-state index in [1.165, 1.54) is 32.1 Å². The van der Waals surface area contributed by atoms with Crippen LogP contribution < -0.4 is 4.72 Å². The van der Waals surface area contributed by atoms with Crippen molar-refractivity contribution < 1.29 is 8.42 Å². The van der Waals surface area contributed by atoms with Crippen LogP contribution in [0.1, 0.15) is 113 Å². The Morgan fingerprint density at radius 1 is 1.00 bits per heavy atom. The van der Waals surface area contributed by atoms with Crippen molar-refractivity contribution in [3.63, 3.8) is 0 Å². The van der Waals surface area contributed by atoms with Gasteiger partial charge < -0.3 is 0 Å². The number of thioether (sulfide) groups is 1. The number of rotatable bonds is 10. The Morgan fingerprint density at radius 2 is 1.70 bits per heavy atom. The first kappa shape index (κ1) is 27.5. The summed E-state index contributed by atoms with van der Waals surface area (Å²) < 4.78 is 29.0. The predicted molar refractivity (Wildman–Crippen MR) is 145 cm³/mol. The molecule has 192 valence electrons. The maximum atomic E-state index is 13.0. The average Bonchev–Trinajstić information content (AvgIpc) is 3.15. The van der Waals surface area contributed by atoms with Gasteiger partial charge in [-0.2, -0.15) is 0 Å². The van der Waals surface area contributed by atoms with Crippen LogP contribution in [0.25, 0.3) is 0 Å². The number of nitrogens with one attached hydrogen (secondary N) is 1. The molecule has 6 heteroatoms. The van der Waals surface area contributed by atoms with Crippen molar-refractivity contribution in [3.05, 3.63) is 0 Å². The van der Waals surface area contributed by atoms with Gasteiger partial charge in [-0.3, -0.25) is 4.99 Å². The molecule has 6 atom stereocenters. The van der Waals surface area contributed by atoms with Crippen molar-refractivity contribution in [2.75, 3.05) is 6.54 Å². The Morgan fingerprint density at radius 3 is 2.36 bits per heavy atom. The number of fused-ring (bicyclic) bond motifs is 1. The molecule has 0 aromatic heterocycles. The molecule has 2 saturated carbocycles. The second-order valence-corrected chi connectivity index (χ2v) is 15.9. The summed E-state index contributed by atoms with van der Waals surface area (Å²) in [4.78, 5) is 4.68. The lowest BCUT2D eigenvalue weighted by Gasteiger charge is -2.49. The molecule has 1 heterocycles. The Hall–Kier alpha value is -0.0700. The van der Waals surface area contributed by atoms with Crippen molar-refractivity contribution in [3.8, 4) is 0 Å². The third kappa shape index (κ3) is 6.58. The van der Waals surface area contributed by atoms with Crippen LogP contribution in [0, 0.1) is 28.6 Å². The summed E-state index contributed by atoms with van der Waals surface area (Å²) in [5.74, 6) is 2.27. The molecule has 4 nitrogen and oxygen atoms in total. The van der Waals surface area contributed by atoms with Gasteiger partial charge in [0.25, 0.3) is 0 Å². The molecule has 3 rings (SSSR count). The van der Waals surface area contributed by atoms with E-state index >= 15 is 0 Å². The fraction of sp³-hybridized carbons (Fsp3) is 0.963. The molecule has 1 aliphatic heterocycles. The van der Waals surface area contributed by atoms with Crippen molar-refractivity contribution in [1.82, 2.24) is 4.72 Å². The summed E-state index contributed by atoms with van der Waals surface area (Å²) in [5.41, 5.74) is 0.771. The molecule has 0 saturated heterocycles. The van der Waals surface area contributed by atoms with Crippen LogP contribution in [0.4, 0.5) is 0 Å². The van der Waals surface area contributed by atoms with Crippen LogP contribution >= 0.6 is 11.8 Å². The highest BCUT2D eigenvalue weighted by molar-refractivity contribution is 8.14. The molecule has 1 N–H and O–H groups in total. The van der Waals surface area contributed by atoms with E-state index in [1.807, 2.05) is 0 Å². The number of hydrogen-bond acceptors (Lipinski definition) is 4. The molecule has 33 heavy (non-hydrogen) atoms. The van der Waals surface area contributed by atoms with E-state index in [-0.39, 0.29) is 5.25 Å². The first-order valence-corrected chi connectivity index (χ1v) is 16.0. The third-order valence-corrected chi connectivity index (χ3v) is 13.0. The fourth-order valence-corrected chi connectivity index (χ4v) is 9.62. The van der Waals surface area contributed by atoms with Gasteiger partial charge in [-0.1, -0.05) is 54.4 Å². The maximum absolute atomic E-state index is 13.0. The Bertz CT molecular complexity index is 790. The molecule has 0 bridgehead atoms. The SMILES string of the molecule is CCC(C)(C)C1CCC(CCCNS(=O)(=O)C2CCC3N=C(C)SC3C2)C(C(C)(C)CC)C1. The van der Waals surface area contributed by atoms with Gasteiger partial charge >= 0.3 is 0 Å². The molecule has 6 unspecified atom stereocenters. The molecular weight excluding hydrogens is 448 g/mol. The molecule has 0 radical (unpaired) electrons. The maximum Gasteiger partial charge on any atom is 0.214 e. The van der Waals surface area contributed by atoms with Crippen molar-refractivity contribution in [2.45, 2.75) is 129 Å². The van der Waals surface area contributed by atoms with Gasteiger partial charge in [-0.05, 0) is 86.9 Å². The highest BCUT2D eigenvalue weighted by atomic mass is 32.2. The van der Waals surface area contributed by atoms with Gasteiger partial charge in [0, 0.05) is 11.8 Å². The summed E-state index contributed by atoms with van der Waals surface area (Å²) in [6.07, 6.45) is 10.9. The molecule has 0 aromatic carbocycles. The molecule has 0 aromatic rings. The fourth-order valence-electron chi connectivity index (χ4n) is 6.61. The Kier molecular flexibility index (Phi) is 9.09. The summed E-state index contributed by atoms with van der Waals surface area (Å²) in [6.45, 7) is 17.1. The minimum Gasteiger partial charge on any atom is -0.279 e. The van der Waals surface area contributed by atoms with Crippen LogP contribution in [0.3, 0.4) is 0 Å². The average molecular weight is 499 g/mol. The zero-order chi connectivity index (χ0) is 24.4. The van der Waals surface area contributed by atoms with Gasteiger partial charge in [0.1, 0.15) is 0 Å². The van der Waals surface area contributed by atoms with Crippen molar-refractivity contribution in [2.24, 2.45) is 33.6 Å². The number of aliphatic imine (C=N–C) groups is 1. The van der Waals surface area contributed by atoms with Crippen LogP contribution in [0.5, 0.6) is 0 Å².